The van der Waals surface area contributed by atoms with Gasteiger partial charge in [0.2, 0.25) is 5.96 Å². The van der Waals surface area contributed by atoms with E-state index in [0.29, 0.717) is 19.2 Å². The van der Waals surface area contributed by atoms with Crippen LogP contribution in [-0.4, -0.2) is 46.0 Å². The number of aliphatic imine (C=N–C) groups is 1. The Morgan fingerprint density at radius 2 is 2.06 bits per heavy atom. The molecular formula is C11H26N4O2. The van der Waals surface area contributed by atoms with Crippen molar-refractivity contribution in [3.63, 3.8) is 0 Å². The first-order chi connectivity index (χ1) is 8.35. The van der Waals surface area contributed by atoms with Gasteiger partial charge in [0.1, 0.15) is 0 Å². The fourth-order valence-electron chi connectivity index (χ4n) is 1.16. The average Bonchev–Trinajstić information content (AvgIpc) is 2.36. The number of hydrogen-bond donors (Lipinski definition) is 3. The summed E-state index contributed by atoms with van der Waals surface area (Å²) in [7, 11) is 1.67. The molecule has 0 amide bonds. The van der Waals surface area contributed by atoms with E-state index in [4.69, 9.17) is 15.3 Å². The summed E-state index contributed by atoms with van der Waals surface area (Å²) in [5, 5.41) is 3.14. The van der Waals surface area contributed by atoms with E-state index in [1.165, 1.54) is 0 Å². The van der Waals surface area contributed by atoms with Crippen LogP contribution in [0.5, 0.6) is 0 Å². The van der Waals surface area contributed by atoms with E-state index in [9.17, 15) is 0 Å². The Morgan fingerprint density at radius 3 is 2.71 bits per heavy atom. The summed E-state index contributed by atoms with van der Waals surface area (Å²) in [5.74, 6) is 5.99. The molecule has 0 spiro atoms. The van der Waals surface area contributed by atoms with Crippen LogP contribution < -0.4 is 16.6 Å². The lowest BCUT2D eigenvalue weighted by atomic mass is 10.3. The Hall–Kier alpha value is -0.850. The van der Waals surface area contributed by atoms with Crippen molar-refractivity contribution in [2.75, 3.05) is 40.0 Å². The Balaban J connectivity index is 3.31. The lowest BCUT2D eigenvalue weighted by Crippen LogP contribution is -2.42. The molecule has 0 aliphatic heterocycles. The van der Waals surface area contributed by atoms with Crippen LogP contribution in [0.2, 0.25) is 0 Å². The first-order valence-corrected chi connectivity index (χ1v) is 6.16. The van der Waals surface area contributed by atoms with Crippen LogP contribution >= 0.6 is 0 Å². The third-order valence-electron chi connectivity index (χ3n) is 2.07. The van der Waals surface area contributed by atoms with Gasteiger partial charge in [0, 0.05) is 26.8 Å². The molecule has 0 atom stereocenters. The molecule has 0 radical (unpaired) electrons. The molecule has 0 aliphatic rings. The number of hydrogen-bond acceptors (Lipinski definition) is 4. The average molecular weight is 246 g/mol. The van der Waals surface area contributed by atoms with E-state index < -0.39 is 0 Å². The van der Waals surface area contributed by atoms with E-state index in [0.717, 1.165) is 39.0 Å². The fraction of sp³-hybridized carbons (Fsp3) is 0.909. The zero-order chi connectivity index (χ0) is 12.8. The van der Waals surface area contributed by atoms with Crippen LogP contribution in [0.15, 0.2) is 4.99 Å². The second-order valence-electron chi connectivity index (χ2n) is 3.61. The highest BCUT2D eigenvalue weighted by molar-refractivity contribution is 5.79. The minimum Gasteiger partial charge on any atom is -0.382 e. The van der Waals surface area contributed by atoms with Crippen LogP contribution in [0.1, 0.15) is 26.2 Å². The van der Waals surface area contributed by atoms with Crippen LogP contribution in [0.25, 0.3) is 0 Å². The van der Waals surface area contributed by atoms with Gasteiger partial charge in [-0.25, -0.2) is 5.84 Å². The number of guanidine groups is 1. The van der Waals surface area contributed by atoms with Crippen LogP contribution in [0.3, 0.4) is 0 Å². The molecular weight excluding hydrogens is 220 g/mol. The van der Waals surface area contributed by atoms with Gasteiger partial charge in [-0.05, 0) is 19.3 Å². The van der Waals surface area contributed by atoms with Crippen molar-refractivity contribution in [1.82, 2.24) is 10.7 Å². The van der Waals surface area contributed by atoms with Crippen molar-refractivity contribution in [1.29, 1.82) is 0 Å². The van der Waals surface area contributed by atoms with Gasteiger partial charge in [0.25, 0.3) is 0 Å². The first kappa shape index (κ1) is 16.1. The van der Waals surface area contributed by atoms with Gasteiger partial charge in [-0.1, -0.05) is 6.92 Å². The van der Waals surface area contributed by atoms with E-state index in [2.05, 4.69) is 22.7 Å². The highest BCUT2D eigenvalue weighted by atomic mass is 16.5. The van der Waals surface area contributed by atoms with Gasteiger partial charge in [0.15, 0.2) is 0 Å². The quantitative estimate of drug-likeness (QED) is 0.169. The summed E-state index contributed by atoms with van der Waals surface area (Å²) in [4.78, 5) is 4.24. The molecule has 0 unspecified atom stereocenters. The number of hydrazine groups is 1. The van der Waals surface area contributed by atoms with Crippen LogP contribution in [0, 0.1) is 0 Å². The molecule has 17 heavy (non-hydrogen) atoms. The number of methoxy groups -OCH3 is 1. The molecule has 0 rings (SSSR count). The molecule has 0 aromatic rings. The SMILES string of the molecule is CCCN=C(NN)NCCCCOCCOC. The Kier molecular flexibility index (Phi) is 12.6. The number of nitrogens with one attached hydrogen (secondary N) is 2. The molecule has 0 aliphatic carbocycles. The monoisotopic (exact) mass is 246 g/mol. The fourth-order valence-corrected chi connectivity index (χ4v) is 1.16. The van der Waals surface area contributed by atoms with Gasteiger partial charge in [-0.3, -0.25) is 10.4 Å². The summed E-state index contributed by atoms with van der Waals surface area (Å²) in [5.41, 5.74) is 2.55. The second kappa shape index (κ2) is 13.2. The lowest BCUT2D eigenvalue weighted by Gasteiger charge is -2.09. The highest BCUT2D eigenvalue weighted by Crippen LogP contribution is 1.89. The number of ether oxygens (including phenoxy) is 2. The van der Waals surface area contributed by atoms with E-state index in [1.807, 2.05) is 0 Å². The minimum atomic E-state index is 0.656. The third kappa shape index (κ3) is 11.4. The largest absolute Gasteiger partial charge is 0.382 e. The van der Waals surface area contributed by atoms with Gasteiger partial charge >= 0.3 is 0 Å². The first-order valence-electron chi connectivity index (χ1n) is 6.16. The number of nitrogens with two attached hydrogens (primary N) is 1. The second-order valence-corrected chi connectivity index (χ2v) is 3.61. The smallest absolute Gasteiger partial charge is 0.205 e. The maximum Gasteiger partial charge on any atom is 0.205 e. The van der Waals surface area contributed by atoms with Crippen molar-refractivity contribution in [2.24, 2.45) is 10.8 Å². The van der Waals surface area contributed by atoms with Crippen molar-refractivity contribution >= 4 is 5.96 Å². The molecule has 6 heteroatoms. The standard InChI is InChI=1S/C11H26N4O2/c1-3-6-13-11(15-12)14-7-4-5-8-17-10-9-16-2/h3-10,12H2,1-2H3,(H2,13,14,15). The van der Waals surface area contributed by atoms with Crippen molar-refractivity contribution < 1.29 is 9.47 Å². The molecule has 0 aromatic carbocycles. The molecule has 0 aromatic heterocycles. The van der Waals surface area contributed by atoms with E-state index >= 15 is 0 Å². The molecule has 102 valence electrons. The topological polar surface area (TPSA) is 80.9 Å². The minimum absolute atomic E-state index is 0.656. The molecule has 6 nitrogen and oxygen atoms in total. The maximum absolute atomic E-state index is 5.35. The highest BCUT2D eigenvalue weighted by Gasteiger charge is 1.94. The van der Waals surface area contributed by atoms with Gasteiger partial charge < -0.3 is 14.8 Å². The Bertz CT molecular complexity index is 188. The third-order valence-corrected chi connectivity index (χ3v) is 2.07. The van der Waals surface area contributed by atoms with Crippen molar-refractivity contribution in [3.8, 4) is 0 Å². The molecule has 0 bridgehead atoms. The van der Waals surface area contributed by atoms with Gasteiger partial charge in [0.05, 0.1) is 13.2 Å². The lowest BCUT2D eigenvalue weighted by molar-refractivity contribution is 0.0689. The van der Waals surface area contributed by atoms with Crippen LogP contribution in [0.4, 0.5) is 0 Å². The van der Waals surface area contributed by atoms with Gasteiger partial charge in [-0.2, -0.15) is 0 Å². The number of unbranched alkanes of at least 4 members (excludes halogenated alkanes) is 1. The van der Waals surface area contributed by atoms with Crippen molar-refractivity contribution in [2.45, 2.75) is 26.2 Å². The normalized spacial score (nSPS) is 11.6. The summed E-state index contributed by atoms with van der Waals surface area (Å²) >= 11 is 0. The van der Waals surface area contributed by atoms with Crippen molar-refractivity contribution in [3.05, 3.63) is 0 Å². The number of nitrogens with zero attached hydrogens (tertiary/aromatic N) is 1. The molecule has 0 saturated carbocycles. The maximum atomic E-state index is 5.35. The predicted molar refractivity (Wildman–Crippen MR) is 69.8 cm³/mol. The predicted octanol–water partition coefficient (Wildman–Crippen LogP) is 0.249. The molecule has 0 saturated heterocycles. The number of rotatable bonds is 10. The Morgan fingerprint density at radius 1 is 1.24 bits per heavy atom. The molecule has 0 heterocycles. The summed E-state index contributed by atoms with van der Waals surface area (Å²) in [6.45, 7) is 5.80. The summed E-state index contributed by atoms with van der Waals surface area (Å²) in [6, 6.07) is 0. The zero-order valence-electron chi connectivity index (χ0n) is 11.0. The van der Waals surface area contributed by atoms with E-state index in [-0.39, 0.29) is 0 Å². The zero-order valence-corrected chi connectivity index (χ0v) is 11.0. The summed E-state index contributed by atoms with van der Waals surface area (Å²) in [6.07, 6.45) is 3.06. The summed E-state index contributed by atoms with van der Waals surface area (Å²) < 4.78 is 10.2. The Labute approximate surface area is 104 Å². The molecule has 0 fully saturated rings. The van der Waals surface area contributed by atoms with Crippen LogP contribution in [-0.2, 0) is 9.47 Å². The van der Waals surface area contributed by atoms with E-state index in [1.54, 1.807) is 7.11 Å². The van der Waals surface area contributed by atoms with Gasteiger partial charge in [-0.15, -0.1) is 0 Å². The molecule has 4 N–H and O–H groups in total.